The Labute approximate surface area is 131 Å². The molecule has 1 saturated heterocycles. The summed E-state index contributed by atoms with van der Waals surface area (Å²) in [4.78, 5) is 0.0474. The standard InChI is InChI=1S/C10H12Cl3NO3S2/c1-6-5-17-7(3-11)4-14(6)19(15,16)8-2-9(12)18-10(8)13/h2,6-7H,3-5H2,1H3. The Morgan fingerprint density at radius 2 is 2.21 bits per heavy atom. The molecule has 0 saturated carbocycles. The van der Waals surface area contributed by atoms with E-state index >= 15 is 0 Å². The Kier molecular flexibility index (Phi) is 5.04. The van der Waals surface area contributed by atoms with E-state index in [4.69, 9.17) is 39.5 Å². The number of hydrogen-bond acceptors (Lipinski definition) is 4. The minimum absolute atomic E-state index is 0.0474. The van der Waals surface area contributed by atoms with Crippen molar-refractivity contribution in [3.05, 3.63) is 14.7 Å². The van der Waals surface area contributed by atoms with Crippen LogP contribution in [0.15, 0.2) is 11.0 Å². The van der Waals surface area contributed by atoms with Crippen molar-refractivity contribution in [2.24, 2.45) is 0 Å². The molecule has 2 unspecified atom stereocenters. The van der Waals surface area contributed by atoms with Gasteiger partial charge in [0.05, 0.1) is 17.0 Å². The van der Waals surface area contributed by atoms with Crippen molar-refractivity contribution in [3.8, 4) is 0 Å². The smallest absolute Gasteiger partial charge is 0.245 e. The molecule has 1 aliphatic rings. The fraction of sp³-hybridized carbons (Fsp3) is 0.600. The lowest BCUT2D eigenvalue weighted by Crippen LogP contribution is -2.51. The summed E-state index contributed by atoms with van der Waals surface area (Å²) in [7, 11) is -3.68. The normalized spacial score (nSPS) is 25.7. The van der Waals surface area contributed by atoms with Crippen LogP contribution >= 0.6 is 46.1 Å². The summed E-state index contributed by atoms with van der Waals surface area (Å²) in [6.45, 7) is 2.31. The first kappa shape index (κ1) is 15.8. The van der Waals surface area contributed by atoms with Crippen LogP contribution in [-0.4, -0.2) is 43.9 Å². The van der Waals surface area contributed by atoms with Crippen molar-refractivity contribution >= 4 is 56.2 Å². The molecule has 19 heavy (non-hydrogen) atoms. The average Bonchev–Trinajstić information content (AvgIpc) is 2.69. The third kappa shape index (κ3) is 3.20. The molecule has 9 heteroatoms. The van der Waals surface area contributed by atoms with Gasteiger partial charge in [-0.1, -0.05) is 23.2 Å². The third-order valence-electron chi connectivity index (χ3n) is 2.83. The number of sulfonamides is 1. The SMILES string of the molecule is CC1COC(CCl)CN1S(=O)(=O)c1cc(Cl)sc1Cl. The summed E-state index contributed by atoms with van der Waals surface area (Å²) in [6, 6.07) is 1.11. The zero-order valence-electron chi connectivity index (χ0n) is 9.98. The molecule has 0 amide bonds. The predicted octanol–water partition coefficient (Wildman–Crippen LogP) is 3.07. The summed E-state index contributed by atoms with van der Waals surface area (Å²) < 4.78 is 32.5. The molecule has 2 heterocycles. The van der Waals surface area contributed by atoms with Gasteiger partial charge in [0.25, 0.3) is 0 Å². The van der Waals surface area contributed by atoms with Gasteiger partial charge in [-0.3, -0.25) is 0 Å². The van der Waals surface area contributed by atoms with Gasteiger partial charge in [-0.25, -0.2) is 8.42 Å². The van der Waals surface area contributed by atoms with Crippen LogP contribution in [0.5, 0.6) is 0 Å². The minimum atomic E-state index is -3.68. The molecular weight excluding hydrogens is 353 g/mol. The Morgan fingerprint density at radius 3 is 2.74 bits per heavy atom. The first-order chi connectivity index (χ1) is 8.86. The zero-order chi connectivity index (χ0) is 14.2. The average molecular weight is 365 g/mol. The number of hydrogen-bond donors (Lipinski definition) is 0. The monoisotopic (exact) mass is 363 g/mol. The topological polar surface area (TPSA) is 46.6 Å². The van der Waals surface area contributed by atoms with E-state index in [9.17, 15) is 8.42 Å². The summed E-state index contributed by atoms with van der Waals surface area (Å²) in [5, 5.41) is 0. The molecular formula is C10H12Cl3NO3S2. The van der Waals surface area contributed by atoms with E-state index in [1.54, 1.807) is 6.92 Å². The molecule has 4 nitrogen and oxygen atoms in total. The molecule has 0 spiro atoms. The fourth-order valence-electron chi connectivity index (χ4n) is 1.85. The Bertz CT molecular complexity index is 560. The maximum atomic E-state index is 12.6. The van der Waals surface area contributed by atoms with E-state index in [2.05, 4.69) is 0 Å². The molecule has 1 fully saturated rings. The van der Waals surface area contributed by atoms with Gasteiger partial charge in [0.15, 0.2) is 0 Å². The number of alkyl halides is 1. The molecule has 0 aliphatic carbocycles. The molecule has 0 radical (unpaired) electrons. The maximum absolute atomic E-state index is 12.6. The molecule has 0 bridgehead atoms. The zero-order valence-corrected chi connectivity index (χ0v) is 13.9. The quantitative estimate of drug-likeness (QED) is 0.774. The van der Waals surface area contributed by atoms with Crippen LogP contribution in [0.25, 0.3) is 0 Å². The number of rotatable bonds is 3. The van der Waals surface area contributed by atoms with Crippen LogP contribution in [-0.2, 0) is 14.8 Å². The van der Waals surface area contributed by atoms with Gasteiger partial charge in [-0.15, -0.1) is 22.9 Å². The van der Waals surface area contributed by atoms with Gasteiger partial charge in [0.1, 0.15) is 9.23 Å². The van der Waals surface area contributed by atoms with Crippen LogP contribution in [0.1, 0.15) is 6.92 Å². The Balaban J connectivity index is 2.35. The molecule has 2 rings (SSSR count). The third-order valence-corrected chi connectivity index (χ3v) is 6.91. The molecule has 2 atom stereocenters. The van der Waals surface area contributed by atoms with Crippen molar-refractivity contribution in [3.63, 3.8) is 0 Å². The van der Waals surface area contributed by atoms with Gasteiger partial charge in [0.2, 0.25) is 10.0 Å². The molecule has 108 valence electrons. The minimum Gasteiger partial charge on any atom is -0.374 e. The van der Waals surface area contributed by atoms with Gasteiger partial charge >= 0.3 is 0 Å². The lowest BCUT2D eigenvalue weighted by atomic mass is 10.2. The summed E-state index contributed by atoms with van der Waals surface area (Å²) in [5.74, 6) is 0.247. The van der Waals surface area contributed by atoms with Crippen LogP contribution in [0.2, 0.25) is 8.67 Å². The van der Waals surface area contributed by atoms with E-state index in [-0.39, 0.29) is 33.8 Å². The Morgan fingerprint density at radius 1 is 1.53 bits per heavy atom. The van der Waals surface area contributed by atoms with Crippen molar-refractivity contribution in [2.45, 2.75) is 24.0 Å². The molecule has 1 aromatic rings. The number of ether oxygens (including phenoxy) is 1. The highest BCUT2D eigenvalue weighted by atomic mass is 35.5. The predicted molar refractivity (Wildman–Crippen MR) is 78.2 cm³/mol. The van der Waals surface area contributed by atoms with Gasteiger partial charge in [-0.2, -0.15) is 4.31 Å². The highest BCUT2D eigenvalue weighted by Crippen LogP contribution is 2.36. The van der Waals surface area contributed by atoms with Gasteiger partial charge in [-0.05, 0) is 13.0 Å². The lowest BCUT2D eigenvalue weighted by Gasteiger charge is -2.36. The summed E-state index contributed by atoms with van der Waals surface area (Å²) >= 11 is 18.5. The van der Waals surface area contributed by atoms with Crippen LogP contribution < -0.4 is 0 Å². The Hall–Kier alpha value is 0.440. The van der Waals surface area contributed by atoms with Crippen LogP contribution in [0, 0.1) is 0 Å². The van der Waals surface area contributed by atoms with E-state index < -0.39 is 10.0 Å². The van der Waals surface area contributed by atoms with E-state index in [0.717, 1.165) is 11.3 Å². The molecule has 1 aliphatic heterocycles. The second-order valence-electron chi connectivity index (χ2n) is 4.22. The molecule has 1 aromatic heterocycles. The van der Waals surface area contributed by atoms with E-state index in [0.29, 0.717) is 10.9 Å². The lowest BCUT2D eigenvalue weighted by molar-refractivity contribution is -0.0152. The second-order valence-corrected chi connectivity index (χ2v) is 8.68. The van der Waals surface area contributed by atoms with Crippen molar-refractivity contribution in [1.82, 2.24) is 4.31 Å². The first-order valence-electron chi connectivity index (χ1n) is 5.50. The van der Waals surface area contributed by atoms with Crippen molar-refractivity contribution < 1.29 is 13.2 Å². The largest absolute Gasteiger partial charge is 0.374 e. The van der Waals surface area contributed by atoms with Gasteiger partial charge < -0.3 is 4.74 Å². The number of thiophene rings is 1. The van der Waals surface area contributed by atoms with Crippen LogP contribution in [0.4, 0.5) is 0 Å². The van der Waals surface area contributed by atoms with E-state index in [1.165, 1.54) is 10.4 Å². The highest BCUT2D eigenvalue weighted by molar-refractivity contribution is 7.89. The summed E-state index contributed by atoms with van der Waals surface area (Å²) in [5.41, 5.74) is 0. The first-order valence-corrected chi connectivity index (χ1v) is 9.05. The number of morpholine rings is 1. The maximum Gasteiger partial charge on any atom is 0.245 e. The second kappa shape index (κ2) is 6.05. The van der Waals surface area contributed by atoms with Gasteiger partial charge in [0, 0.05) is 18.5 Å². The summed E-state index contributed by atoms with van der Waals surface area (Å²) in [6.07, 6.45) is -0.305. The van der Waals surface area contributed by atoms with Crippen molar-refractivity contribution in [1.29, 1.82) is 0 Å². The fourth-order valence-corrected chi connectivity index (χ4v) is 5.80. The highest BCUT2D eigenvalue weighted by Gasteiger charge is 2.37. The van der Waals surface area contributed by atoms with Crippen LogP contribution in [0.3, 0.4) is 0 Å². The number of halogens is 3. The van der Waals surface area contributed by atoms with Crippen molar-refractivity contribution in [2.75, 3.05) is 19.0 Å². The van der Waals surface area contributed by atoms with E-state index in [1.807, 2.05) is 0 Å². The number of nitrogens with zero attached hydrogens (tertiary/aromatic N) is 1. The molecule has 0 N–H and O–H groups in total. The molecule has 0 aromatic carbocycles.